The Hall–Kier alpha value is -1.95. The lowest BCUT2D eigenvalue weighted by Crippen LogP contribution is -2.46. The second-order valence-corrected chi connectivity index (χ2v) is 9.23. The van der Waals surface area contributed by atoms with Gasteiger partial charge in [0.1, 0.15) is 5.75 Å². The van der Waals surface area contributed by atoms with E-state index in [-0.39, 0.29) is 11.8 Å². The van der Waals surface area contributed by atoms with Gasteiger partial charge in [-0.3, -0.25) is 9.69 Å². The molecule has 7 heteroatoms. The van der Waals surface area contributed by atoms with Crippen molar-refractivity contribution >= 4 is 40.5 Å². The zero-order valence-electron chi connectivity index (χ0n) is 18.4. The van der Waals surface area contributed by atoms with Crippen molar-refractivity contribution in [1.29, 1.82) is 0 Å². The third kappa shape index (κ3) is 4.50. The van der Waals surface area contributed by atoms with Gasteiger partial charge < -0.3 is 15.0 Å². The Morgan fingerprint density at radius 2 is 1.97 bits per heavy atom. The number of carbonyl (C=O) groups is 1. The van der Waals surface area contributed by atoms with Crippen molar-refractivity contribution in [3.63, 3.8) is 0 Å². The summed E-state index contributed by atoms with van der Waals surface area (Å²) in [6, 6.07) is 11.6. The molecule has 164 valence electrons. The number of carbonyl (C=O) groups excluding carboxylic acids is 1. The predicted molar refractivity (Wildman–Crippen MR) is 126 cm³/mol. The smallest absolute Gasteiger partial charge is 0.228 e. The van der Waals surface area contributed by atoms with Crippen molar-refractivity contribution < 1.29 is 10.9 Å². The summed E-state index contributed by atoms with van der Waals surface area (Å²) in [5, 5.41) is 4.10. The molecule has 0 aromatic heterocycles. The maximum atomic E-state index is 12.1. The van der Waals surface area contributed by atoms with Crippen LogP contribution < -0.4 is 15.0 Å². The van der Waals surface area contributed by atoms with E-state index in [1.54, 1.807) is 0 Å². The lowest BCUT2D eigenvalue weighted by atomic mass is 10.0. The maximum Gasteiger partial charge on any atom is 0.228 e. The van der Waals surface area contributed by atoms with E-state index in [9.17, 15) is 4.79 Å². The van der Waals surface area contributed by atoms with Crippen LogP contribution >= 0.6 is 23.2 Å². The molecule has 1 amide bonds. The van der Waals surface area contributed by atoms with Crippen molar-refractivity contribution in [3.05, 3.63) is 52.0 Å². The van der Waals surface area contributed by atoms with Gasteiger partial charge in [0, 0.05) is 45.2 Å². The van der Waals surface area contributed by atoms with Crippen LogP contribution in [0.25, 0.3) is 0 Å². The average Bonchev–Trinajstić information content (AvgIpc) is 3.50. The van der Waals surface area contributed by atoms with Crippen LogP contribution in [0.4, 0.5) is 11.4 Å². The van der Waals surface area contributed by atoms with E-state index >= 15 is 0 Å². The number of ether oxygens (including phenoxy) is 1. The first-order valence-corrected chi connectivity index (χ1v) is 11.7. The van der Waals surface area contributed by atoms with Gasteiger partial charge in [-0.05, 0) is 55.5 Å². The van der Waals surface area contributed by atoms with E-state index in [0.29, 0.717) is 23.1 Å². The molecule has 2 aliphatic heterocycles. The molecule has 1 saturated carbocycles. The minimum absolute atomic E-state index is 0.0377. The highest BCUT2D eigenvalue weighted by molar-refractivity contribution is 6.43. The van der Waals surface area contributed by atoms with Gasteiger partial charge in [-0.2, -0.15) is 0 Å². The van der Waals surface area contributed by atoms with Crippen molar-refractivity contribution in [2.75, 3.05) is 49.5 Å². The fraction of sp³-hybridized carbons (Fsp3) is 0.458. The van der Waals surface area contributed by atoms with E-state index < -0.39 is 5.89 Å². The quantitative estimate of drug-likeness (QED) is 0.588. The van der Waals surface area contributed by atoms with Crippen molar-refractivity contribution in [3.8, 4) is 5.75 Å². The Balaban J connectivity index is 1.03. The largest absolute Gasteiger partial charge is 0.494 e. The number of rotatable bonds is 7. The number of nitrogens with one attached hydrogen (secondary N) is 1. The van der Waals surface area contributed by atoms with Gasteiger partial charge in [0.15, 0.2) is 0 Å². The predicted octanol–water partition coefficient (Wildman–Crippen LogP) is 5.03. The second-order valence-electron chi connectivity index (χ2n) is 8.44. The number of halogens is 2. The van der Waals surface area contributed by atoms with Crippen LogP contribution in [0, 0.1) is 5.89 Å². The van der Waals surface area contributed by atoms with Crippen molar-refractivity contribution in [1.82, 2.24) is 4.90 Å². The molecule has 1 aliphatic carbocycles. The Labute approximate surface area is 194 Å². The molecule has 2 unspecified atom stereocenters. The lowest BCUT2D eigenvalue weighted by molar-refractivity contribution is -0.117. The summed E-state index contributed by atoms with van der Waals surface area (Å²) in [4.78, 5) is 16.8. The summed E-state index contributed by atoms with van der Waals surface area (Å²) >= 11 is 12.5. The number of piperazine rings is 1. The molecule has 5 rings (SSSR count). The number of hydrogen-bond donors (Lipinski definition) is 1. The number of unbranched alkanes of at least 4 members (excludes halogenated alkanes) is 1. The molecule has 2 heterocycles. The van der Waals surface area contributed by atoms with Gasteiger partial charge in [0.05, 0.1) is 22.3 Å². The van der Waals surface area contributed by atoms with E-state index in [4.69, 9.17) is 29.3 Å². The van der Waals surface area contributed by atoms with Crippen molar-refractivity contribution in [2.45, 2.75) is 25.2 Å². The molecule has 5 nitrogen and oxygen atoms in total. The minimum Gasteiger partial charge on any atom is -0.494 e. The molecule has 2 aromatic rings. The van der Waals surface area contributed by atoms with Gasteiger partial charge in [-0.1, -0.05) is 35.3 Å². The molecule has 2 fully saturated rings. The van der Waals surface area contributed by atoms with Gasteiger partial charge in [0.2, 0.25) is 5.91 Å². The van der Waals surface area contributed by atoms with Gasteiger partial charge in [-0.25, -0.2) is 0 Å². The third-order valence-electron chi connectivity index (χ3n) is 6.41. The average molecular weight is 461 g/mol. The molecular weight excluding hydrogens is 433 g/mol. The normalized spacial score (nSPS) is 25.4. The summed E-state index contributed by atoms with van der Waals surface area (Å²) in [5.41, 5.74) is 2.88. The summed E-state index contributed by atoms with van der Waals surface area (Å²) < 4.78 is 14.1. The van der Waals surface area contributed by atoms with Gasteiger partial charge in [0.25, 0.3) is 0 Å². The van der Waals surface area contributed by atoms with Gasteiger partial charge in [-0.15, -0.1) is 0 Å². The fourth-order valence-corrected chi connectivity index (χ4v) is 4.94. The third-order valence-corrected chi connectivity index (χ3v) is 7.22. The molecule has 1 N–H and O–H groups in total. The number of amides is 1. The first-order chi connectivity index (χ1) is 15.5. The molecule has 2 aromatic carbocycles. The Kier molecular flexibility index (Phi) is 5.65. The number of fused-ring (bicyclic) bond motifs is 3. The SMILES string of the molecule is [2H]C12CC1c1ccc(OCCCCN3CCN(c4cccc(Cl)c4Cl)CC3)cc1NC2=O. The van der Waals surface area contributed by atoms with Crippen molar-refractivity contribution in [2.24, 2.45) is 5.89 Å². The summed E-state index contributed by atoms with van der Waals surface area (Å²) in [6.45, 7) is 5.60. The van der Waals surface area contributed by atoms with Crippen LogP contribution in [0.5, 0.6) is 5.75 Å². The molecule has 0 spiro atoms. The molecule has 0 bridgehead atoms. The molecular formula is C24H27Cl2N3O2. The van der Waals surface area contributed by atoms with E-state index in [1.165, 1.54) is 0 Å². The Bertz CT molecular complexity index is 1030. The van der Waals surface area contributed by atoms with Crippen LogP contribution in [0.1, 0.15) is 32.1 Å². The van der Waals surface area contributed by atoms with E-state index in [1.807, 2.05) is 36.4 Å². The number of nitrogens with zero attached hydrogens (tertiary/aromatic N) is 2. The summed E-state index contributed by atoms with van der Waals surface area (Å²) in [7, 11) is 0. The lowest BCUT2D eigenvalue weighted by Gasteiger charge is -2.36. The number of anilines is 2. The molecule has 1 saturated heterocycles. The first-order valence-electron chi connectivity index (χ1n) is 11.5. The number of benzene rings is 2. The molecule has 2 atom stereocenters. The topological polar surface area (TPSA) is 44.8 Å². The van der Waals surface area contributed by atoms with Crippen LogP contribution in [0.15, 0.2) is 36.4 Å². The molecule has 3 aliphatic rings. The number of hydrogen-bond acceptors (Lipinski definition) is 4. The second kappa shape index (κ2) is 8.89. The van der Waals surface area contributed by atoms with Crippen LogP contribution in [0.3, 0.4) is 0 Å². The first kappa shape index (κ1) is 19.7. The van der Waals surface area contributed by atoms with Crippen LogP contribution in [-0.2, 0) is 4.79 Å². The Morgan fingerprint density at radius 3 is 2.81 bits per heavy atom. The maximum absolute atomic E-state index is 12.1. The minimum atomic E-state index is -0.943. The van der Waals surface area contributed by atoms with Gasteiger partial charge >= 0.3 is 0 Å². The Morgan fingerprint density at radius 1 is 1.13 bits per heavy atom. The zero-order valence-corrected chi connectivity index (χ0v) is 18.9. The molecule has 0 radical (unpaired) electrons. The summed E-state index contributed by atoms with van der Waals surface area (Å²) in [5.74, 6) is -0.323. The monoisotopic (exact) mass is 460 g/mol. The van der Waals surface area contributed by atoms with E-state index in [0.717, 1.165) is 68.3 Å². The van der Waals surface area contributed by atoms with Crippen LogP contribution in [-0.4, -0.2) is 50.1 Å². The molecule has 31 heavy (non-hydrogen) atoms. The standard InChI is InChI=1S/C24H27Cl2N3O2/c25-20-4-3-5-22(23(20)26)29-11-9-28(10-12-29)8-1-2-13-31-16-6-7-17-18-15-19(18)24(30)27-21(17)14-16/h3-7,14,18-19H,1-2,8-13,15H2,(H,27,30)/i19D. The summed E-state index contributed by atoms with van der Waals surface area (Å²) in [6.07, 6.45) is 2.66. The van der Waals surface area contributed by atoms with Crippen LogP contribution in [0.2, 0.25) is 10.0 Å². The highest BCUT2D eigenvalue weighted by Gasteiger charge is 2.48. The highest BCUT2D eigenvalue weighted by atomic mass is 35.5. The highest BCUT2D eigenvalue weighted by Crippen LogP contribution is 2.53. The van der Waals surface area contributed by atoms with E-state index in [2.05, 4.69) is 15.1 Å². The zero-order chi connectivity index (χ0) is 22.3. The fourth-order valence-electron chi connectivity index (χ4n) is 4.53.